The first-order valence-corrected chi connectivity index (χ1v) is 5.55. The van der Waals surface area contributed by atoms with Gasteiger partial charge < -0.3 is 5.32 Å². The number of hydrogen-bond acceptors (Lipinski definition) is 1. The van der Waals surface area contributed by atoms with Crippen molar-refractivity contribution in [2.45, 2.75) is 25.2 Å². The van der Waals surface area contributed by atoms with Crippen molar-refractivity contribution in [1.29, 1.82) is 0 Å². The third-order valence-corrected chi connectivity index (χ3v) is 3.96. The Kier molecular flexibility index (Phi) is 1.70. The third-order valence-electron chi connectivity index (χ3n) is 3.96. The van der Waals surface area contributed by atoms with E-state index in [9.17, 15) is 4.79 Å². The summed E-state index contributed by atoms with van der Waals surface area (Å²) in [4.78, 5) is 11.4. The Morgan fingerprint density at radius 1 is 1.33 bits per heavy atom. The molecule has 1 aliphatic carbocycles. The van der Waals surface area contributed by atoms with Gasteiger partial charge in [-0.2, -0.15) is 0 Å². The van der Waals surface area contributed by atoms with Gasteiger partial charge in [-0.05, 0) is 30.9 Å². The van der Waals surface area contributed by atoms with Crippen LogP contribution in [-0.4, -0.2) is 12.5 Å². The van der Waals surface area contributed by atoms with Gasteiger partial charge in [0.25, 0.3) is 0 Å². The smallest absolute Gasteiger partial charge is 0.223 e. The molecule has 0 atom stereocenters. The Morgan fingerprint density at radius 3 is 2.67 bits per heavy atom. The van der Waals surface area contributed by atoms with Crippen LogP contribution in [-0.2, 0) is 10.2 Å². The molecule has 1 aromatic rings. The van der Waals surface area contributed by atoms with Crippen molar-refractivity contribution in [2.24, 2.45) is 5.92 Å². The molecule has 2 aliphatic heterocycles. The van der Waals surface area contributed by atoms with Gasteiger partial charge in [-0.1, -0.05) is 24.3 Å². The summed E-state index contributed by atoms with van der Waals surface area (Å²) < 4.78 is 0. The van der Waals surface area contributed by atoms with E-state index in [0.29, 0.717) is 0 Å². The summed E-state index contributed by atoms with van der Waals surface area (Å²) in [6, 6.07) is 8.55. The molecular weight excluding hydrogens is 186 g/mol. The van der Waals surface area contributed by atoms with Crippen LogP contribution in [0.15, 0.2) is 24.3 Å². The van der Waals surface area contributed by atoms with Gasteiger partial charge in [-0.25, -0.2) is 0 Å². The number of fused-ring (bicyclic) bond motifs is 2. The number of nitrogens with one attached hydrogen (secondary N) is 1. The lowest BCUT2D eigenvalue weighted by molar-refractivity contribution is -0.135. The minimum absolute atomic E-state index is 0.254. The fourth-order valence-electron chi connectivity index (χ4n) is 3.10. The highest BCUT2D eigenvalue weighted by molar-refractivity contribution is 5.82. The molecule has 3 aliphatic rings. The number of aryl methyl sites for hydroxylation is 1. The van der Waals surface area contributed by atoms with Crippen molar-refractivity contribution in [3.8, 4) is 0 Å². The Labute approximate surface area is 89.7 Å². The molecule has 3 fully saturated rings. The molecule has 4 rings (SSSR count). The van der Waals surface area contributed by atoms with Crippen LogP contribution in [0.3, 0.4) is 0 Å². The van der Waals surface area contributed by atoms with Crippen LogP contribution in [0.4, 0.5) is 0 Å². The highest BCUT2D eigenvalue weighted by Crippen LogP contribution is 2.50. The van der Waals surface area contributed by atoms with E-state index >= 15 is 0 Å². The number of piperidine rings is 2. The predicted molar refractivity (Wildman–Crippen MR) is 58.6 cm³/mol. The first-order chi connectivity index (χ1) is 7.21. The summed E-state index contributed by atoms with van der Waals surface area (Å²) in [5, 5.41) is 3.01. The average molecular weight is 201 g/mol. The van der Waals surface area contributed by atoms with Gasteiger partial charge in [0.2, 0.25) is 5.91 Å². The van der Waals surface area contributed by atoms with E-state index in [1.165, 1.54) is 11.1 Å². The number of hydrogen-bond donors (Lipinski definition) is 1. The summed E-state index contributed by atoms with van der Waals surface area (Å²) in [5.74, 6) is 0.531. The molecular formula is C13H15NO. The Morgan fingerprint density at radius 2 is 2.07 bits per heavy atom. The predicted octanol–water partition coefficient (Wildman–Crippen LogP) is 1.77. The van der Waals surface area contributed by atoms with Gasteiger partial charge >= 0.3 is 0 Å². The zero-order valence-corrected chi connectivity index (χ0v) is 8.92. The molecule has 2 heterocycles. The molecule has 0 spiro atoms. The molecule has 1 amide bonds. The van der Waals surface area contributed by atoms with E-state index in [4.69, 9.17) is 0 Å². The molecule has 1 saturated carbocycles. The van der Waals surface area contributed by atoms with E-state index in [0.717, 1.165) is 19.4 Å². The number of carbonyl (C=O) groups excluding carboxylic acids is 1. The fourth-order valence-corrected chi connectivity index (χ4v) is 3.10. The first-order valence-electron chi connectivity index (χ1n) is 5.55. The number of carbonyl (C=O) groups is 1. The molecule has 0 aromatic heterocycles. The molecule has 0 radical (unpaired) electrons. The highest BCUT2D eigenvalue weighted by Gasteiger charge is 2.52. The average Bonchev–Trinajstić information content (AvgIpc) is 2.18. The molecule has 2 heteroatoms. The molecule has 1 N–H and O–H groups in total. The molecule has 2 saturated heterocycles. The van der Waals surface area contributed by atoms with Gasteiger partial charge in [0.05, 0.1) is 0 Å². The molecule has 0 unspecified atom stereocenters. The Balaban J connectivity index is 1.97. The maximum absolute atomic E-state index is 11.4. The van der Waals surface area contributed by atoms with Crippen molar-refractivity contribution in [2.75, 3.05) is 6.54 Å². The lowest BCUT2D eigenvalue weighted by Crippen LogP contribution is -2.60. The molecule has 15 heavy (non-hydrogen) atoms. The van der Waals surface area contributed by atoms with Gasteiger partial charge in [0.15, 0.2) is 0 Å². The minimum atomic E-state index is 0.254. The molecule has 2 nitrogen and oxygen atoms in total. The van der Waals surface area contributed by atoms with Gasteiger partial charge in [-0.15, -0.1) is 0 Å². The maximum Gasteiger partial charge on any atom is 0.223 e. The van der Waals surface area contributed by atoms with E-state index < -0.39 is 0 Å². The van der Waals surface area contributed by atoms with Crippen LogP contribution < -0.4 is 5.32 Å². The normalized spacial score (nSPS) is 33.1. The molecule has 2 bridgehead atoms. The van der Waals surface area contributed by atoms with Gasteiger partial charge in [-0.3, -0.25) is 4.79 Å². The maximum atomic E-state index is 11.4. The van der Waals surface area contributed by atoms with Gasteiger partial charge in [0.1, 0.15) is 0 Å². The third kappa shape index (κ3) is 1.14. The molecule has 1 aromatic carbocycles. The fraction of sp³-hybridized carbons (Fsp3) is 0.462. The van der Waals surface area contributed by atoms with Crippen LogP contribution in [0.25, 0.3) is 0 Å². The number of rotatable bonds is 1. The van der Waals surface area contributed by atoms with E-state index in [-0.39, 0.29) is 17.2 Å². The lowest BCUT2D eigenvalue weighted by atomic mass is 9.55. The standard InChI is InChI=1S/C13H15NO/c1-9-4-2-3-5-11(9)13-6-10(7-13)12(15)14-8-13/h2-5,10H,6-8H2,1H3,(H,14,15). The van der Waals surface area contributed by atoms with Crippen molar-refractivity contribution >= 4 is 5.91 Å². The summed E-state index contributed by atoms with van der Waals surface area (Å²) in [7, 11) is 0. The van der Waals surface area contributed by atoms with Crippen molar-refractivity contribution in [1.82, 2.24) is 5.32 Å². The monoisotopic (exact) mass is 201 g/mol. The lowest BCUT2D eigenvalue weighted by Gasteiger charge is -2.52. The van der Waals surface area contributed by atoms with E-state index in [1.807, 2.05) is 0 Å². The SMILES string of the molecule is Cc1ccccc1C12CNC(=O)C(C1)C2. The van der Waals surface area contributed by atoms with Crippen molar-refractivity contribution in [3.05, 3.63) is 35.4 Å². The van der Waals surface area contributed by atoms with Crippen LogP contribution in [0.5, 0.6) is 0 Å². The minimum Gasteiger partial charge on any atom is -0.355 e. The van der Waals surface area contributed by atoms with Crippen molar-refractivity contribution in [3.63, 3.8) is 0 Å². The Bertz CT molecular complexity index is 413. The van der Waals surface area contributed by atoms with E-state index in [1.54, 1.807) is 0 Å². The summed E-state index contributed by atoms with van der Waals surface area (Å²) in [6.07, 6.45) is 2.09. The zero-order valence-electron chi connectivity index (χ0n) is 8.92. The summed E-state index contributed by atoms with van der Waals surface area (Å²) in [5.41, 5.74) is 3.04. The largest absolute Gasteiger partial charge is 0.355 e. The second-order valence-electron chi connectivity index (χ2n) is 4.92. The van der Waals surface area contributed by atoms with E-state index in [2.05, 4.69) is 36.5 Å². The van der Waals surface area contributed by atoms with Crippen molar-refractivity contribution < 1.29 is 4.79 Å². The van der Waals surface area contributed by atoms with Crippen LogP contribution in [0.1, 0.15) is 24.0 Å². The second-order valence-corrected chi connectivity index (χ2v) is 4.92. The summed E-state index contributed by atoms with van der Waals surface area (Å²) in [6.45, 7) is 2.99. The van der Waals surface area contributed by atoms with Crippen LogP contribution >= 0.6 is 0 Å². The topological polar surface area (TPSA) is 29.1 Å². The highest BCUT2D eigenvalue weighted by atomic mass is 16.2. The van der Waals surface area contributed by atoms with Gasteiger partial charge in [0, 0.05) is 17.9 Å². The second kappa shape index (κ2) is 2.84. The zero-order chi connectivity index (χ0) is 10.5. The number of benzene rings is 1. The van der Waals surface area contributed by atoms with Crippen LogP contribution in [0.2, 0.25) is 0 Å². The first kappa shape index (κ1) is 8.96. The molecule has 78 valence electrons. The van der Waals surface area contributed by atoms with Crippen LogP contribution in [0, 0.1) is 12.8 Å². The summed E-state index contributed by atoms with van der Waals surface area (Å²) >= 11 is 0. The number of amides is 1. The Hall–Kier alpha value is -1.31. The quantitative estimate of drug-likeness (QED) is 0.737.